The molecule has 0 aromatic heterocycles. The molecule has 9 N–H and O–H groups in total. The van der Waals surface area contributed by atoms with Gasteiger partial charge in [0.15, 0.2) is 12.6 Å². The molecule has 0 aromatic carbocycles. The fourth-order valence-corrected chi connectivity index (χ4v) is 8.74. The summed E-state index contributed by atoms with van der Waals surface area (Å²) in [5.41, 5.74) is -4.37. The number of ether oxygens (including phenoxy) is 6. The highest BCUT2D eigenvalue weighted by atomic mass is 16.7. The first-order chi connectivity index (χ1) is 23.9. The normalized spacial score (nSPS) is 47.8. The van der Waals surface area contributed by atoms with Crippen LogP contribution < -0.4 is 0 Å². The van der Waals surface area contributed by atoms with Gasteiger partial charge in [0.2, 0.25) is 0 Å². The molecule has 3 saturated heterocycles. The van der Waals surface area contributed by atoms with Crippen LogP contribution in [-0.4, -0.2) is 177 Å². The zero-order valence-electron chi connectivity index (χ0n) is 35.2. The third kappa shape index (κ3) is 11.3. The quantitative estimate of drug-likeness (QED) is 0.218. The molecule has 3 aliphatic heterocycles. The summed E-state index contributed by atoms with van der Waals surface area (Å²) >= 11 is 0. The maximum Gasteiger partial charge on any atom is 0.311 e. The van der Waals surface area contributed by atoms with E-state index in [2.05, 4.69) is 0 Å². The van der Waals surface area contributed by atoms with Crippen LogP contribution in [0.25, 0.3) is 0 Å². The van der Waals surface area contributed by atoms with Crippen molar-refractivity contribution in [3.05, 3.63) is 0 Å². The van der Waals surface area contributed by atoms with Crippen molar-refractivity contribution in [3.63, 3.8) is 0 Å². The molecule has 0 spiro atoms. The Labute approximate surface area is 323 Å². The van der Waals surface area contributed by atoms with Gasteiger partial charge in [-0.05, 0) is 94.8 Å². The predicted molar refractivity (Wildman–Crippen MR) is 201 cm³/mol. The number of esters is 1. The van der Waals surface area contributed by atoms with E-state index < -0.39 is 96.0 Å². The number of hydrogen-bond donors (Lipinski definition) is 5. The van der Waals surface area contributed by atoms with Crippen LogP contribution in [0.1, 0.15) is 94.9 Å². The molecule has 3 rings (SSSR count). The first kappa shape index (κ1) is 50.9. The Kier molecular flexibility index (Phi) is 18.9. The van der Waals surface area contributed by atoms with Crippen molar-refractivity contribution in [2.45, 2.75) is 185 Å². The molecule has 16 nitrogen and oxygen atoms in total. The molecule has 0 amide bonds. The third-order valence-electron chi connectivity index (χ3n) is 12.2. The van der Waals surface area contributed by atoms with E-state index in [9.17, 15) is 30.3 Å². The van der Waals surface area contributed by atoms with Crippen LogP contribution in [0.2, 0.25) is 0 Å². The highest BCUT2D eigenvalue weighted by Gasteiger charge is 2.52. The lowest BCUT2D eigenvalue weighted by Gasteiger charge is -2.48. The Morgan fingerprint density at radius 1 is 0.926 bits per heavy atom. The molecule has 0 radical (unpaired) electrons. The van der Waals surface area contributed by atoms with Gasteiger partial charge in [0, 0.05) is 38.1 Å². The molecule has 3 heterocycles. The fraction of sp³-hybridized carbons (Fsp3) is 0.974. The van der Waals surface area contributed by atoms with Gasteiger partial charge < -0.3 is 74.7 Å². The largest absolute Gasteiger partial charge is 0.459 e. The van der Waals surface area contributed by atoms with Crippen LogP contribution >= 0.6 is 0 Å². The van der Waals surface area contributed by atoms with E-state index in [1.54, 1.807) is 41.5 Å². The summed E-state index contributed by atoms with van der Waals surface area (Å²) in [6, 6.07) is -0.808. The summed E-state index contributed by atoms with van der Waals surface area (Å²) in [5.74, 6) is -2.58. The van der Waals surface area contributed by atoms with Crippen LogP contribution in [0.4, 0.5) is 0 Å². The van der Waals surface area contributed by atoms with Gasteiger partial charge in [-0.25, -0.2) is 0 Å². The number of cyclic esters (lactones) is 1. The Balaban J connectivity index is 0.00000729. The second kappa shape index (κ2) is 20.1. The lowest BCUT2D eigenvalue weighted by molar-refractivity contribution is -0.318. The number of aliphatic hydroxyl groups is 5. The van der Waals surface area contributed by atoms with Crippen molar-refractivity contribution in [3.8, 4) is 0 Å². The van der Waals surface area contributed by atoms with Crippen LogP contribution in [0.3, 0.4) is 0 Å². The molecule has 18 atom stereocenters. The average Bonchev–Trinajstić information content (AvgIpc) is 3.05. The molecular formula is C38H76N2O14. The van der Waals surface area contributed by atoms with Gasteiger partial charge in [-0.15, -0.1) is 0 Å². The number of hydrogen-bond acceptors (Lipinski definition) is 14. The average molecular weight is 785 g/mol. The number of methoxy groups -OCH3 is 1. The maximum absolute atomic E-state index is 14.2. The fourth-order valence-electron chi connectivity index (χ4n) is 8.74. The van der Waals surface area contributed by atoms with Gasteiger partial charge in [-0.2, -0.15) is 0 Å². The Morgan fingerprint density at radius 2 is 1.52 bits per heavy atom. The maximum atomic E-state index is 14.2. The summed E-state index contributed by atoms with van der Waals surface area (Å²) in [7, 11) is 7.12. The van der Waals surface area contributed by atoms with Crippen molar-refractivity contribution in [2.24, 2.45) is 17.8 Å². The topological polar surface area (TPSA) is 243 Å². The van der Waals surface area contributed by atoms with Crippen LogP contribution in [0, 0.1) is 17.8 Å². The third-order valence-corrected chi connectivity index (χ3v) is 12.2. The highest BCUT2D eigenvalue weighted by molar-refractivity contribution is 5.73. The Bertz CT molecular complexity index is 1150. The first-order valence-corrected chi connectivity index (χ1v) is 19.1. The van der Waals surface area contributed by atoms with Gasteiger partial charge in [0.1, 0.15) is 30.0 Å². The van der Waals surface area contributed by atoms with Crippen molar-refractivity contribution in [2.75, 3.05) is 34.8 Å². The van der Waals surface area contributed by atoms with Crippen molar-refractivity contribution >= 4 is 5.97 Å². The SMILES string of the molecule is CCC1OC(=O)[C@@H](C)C(O[C@@H]2C[C@@](C)(OC)C(O)C(C)O2)C(C)C(O[C@H]2OC(C)CC(N(C)C)C2O)[C@](C)(O)CC(C)CN(C)C(C)C(O)[C@]1(C)O.O.O. The molecule has 16 heteroatoms. The summed E-state index contributed by atoms with van der Waals surface area (Å²) < 4.78 is 37.5. The molecule has 0 saturated carbocycles. The minimum atomic E-state index is -1.80. The zero-order chi connectivity index (χ0) is 39.7. The number of rotatable bonds is 7. The molecule has 3 aliphatic rings. The molecule has 322 valence electrons. The number of aliphatic hydroxyl groups excluding tert-OH is 3. The summed E-state index contributed by atoms with van der Waals surface area (Å²) in [6.45, 7) is 18.0. The lowest BCUT2D eigenvalue weighted by atomic mass is 9.77. The van der Waals surface area contributed by atoms with E-state index in [1.807, 2.05) is 51.7 Å². The van der Waals surface area contributed by atoms with Gasteiger partial charge in [-0.1, -0.05) is 20.8 Å². The predicted octanol–water partition coefficient (Wildman–Crippen LogP) is 0.251. The second-order valence-electron chi connectivity index (χ2n) is 17.2. The first-order valence-electron chi connectivity index (χ1n) is 19.1. The molecule has 3 fully saturated rings. The van der Waals surface area contributed by atoms with E-state index >= 15 is 0 Å². The van der Waals surface area contributed by atoms with Gasteiger partial charge in [0.05, 0.1) is 41.5 Å². The van der Waals surface area contributed by atoms with E-state index in [1.165, 1.54) is 14.0 Å². The number of carbonyl (C=O) groups is 1. The Morgan fingerprint density at radius 3 is 2.06 bits per heavy atom. The summed E-state index contributed by atoms with van der Waals surface area (Å²) in [6.07, 6.45) is -8.19. The second-order valence-corrected chi connectivity index (χ2v) is 17.2. The van der Waals surface area contributed by atoms with Crippen LogP contribution in [0.5, 0.6) is 0 Å². The number of nitrogens with zero attached hydrogens (tertiary/aromatic N) is 2. The van der Waals surface area contributed by atoms with Crippen molar-refractivity contribution in [1.29, 1.82) is 0 Å². The summed E-state index contributed by atoms with van der Waals surface area (Å²) in [5, 5.41) is 58.1. The van der Waals surface area contributed by atoms with Crippen LogP contribution in [0.15, 0.2) is 0 Å². The van der Waals surface area contributed by atoms with Gasteiger partial charge in [0.25, 0.3) is 0 Å². The molecule has 0 aliphatic carbocycles. The van der Waals surface area contributed by atoms with E-state index in [-0.39, 0.29) is 48.3 Å². The lowest BCUT2D eigenvalue weighted by Crippen LogP contribution is -2.60. The standard InChI is InChI=1S/C38H72N2O12.2H2O/c1-15-27-38(10,46)31(42)24(6)40(13)19-20(2)17-36(8,45)33(52-35-29(41)26(39(11)12)16-21(3)48-35)22(4)30(23(5)34(44)50-27)51-28-18-37(9,47-14)32(43)25(7)49-28;;/h20-33,35,41-43,45-46H,15-19H2,1-14H3;2*1H2/t20?,21?,22?,23-,24?,25?,26?,27?,28+,29?,30?,31?,32?,33?,35+,36+,37+,38+;;/m0../s1. The van der Waals surface area contributed by atoms with E-state index in [4.69, 9.17) is 28.4 Å². The monoisotopic (exact) mass is 785 g/mol. The molecule has 0 bridgehead atoms. The van der Waals surface area contributed by atoms with Gasteiger partial charge >= 0.3 is 5.97 Å². The molecular weight excluding hydrogens is 708 g/mol. The van der Waals surface area contributed by atoms with Crippen molar-refractivity contribution in [1.82, 2.24) is 9.80 Å². The minimum absolute atomic E-state index is 0. The van der Waals surface area contributed by atoms with E-state index in [0.29, 0.717) is 13.0 Å². The zero-order valence-corrected chi connectivity index (χ0v) is 35.2. The molecule has 12 unspecified atom stereocenters. The minimum Gasteiger partial charge on any atom is -0.459 e. The Hall–Kier alpha value is -1.09. The molecule has 0 aromatic rings. The van der Waals surface area contributed by atoms with Crippen LogP contribution in [-0.2, 0) is 33.2 Å². The van der Waals surface area contributed by atoms with E-state index in [0.717, 1.165) is 0 Å². The number of carbonyl (C=O) groups excluding carboxylic acids is 1. The smallest absolute Gasteiger partial charge is 0.311 e. The summed E-state index contributed by atoms with van der Waals surface area (Å²) in [4.78, 5) is 18.0. The van der Waals surface area contributed by atoms with Crippen molar-refractivity contribution < 1.29 is 69.7 Å². The van der Waals surface area contributed by atoms with Gasteiger partial charge in [-0.3, -0.25) is 4.79 Å². The molecule has 54 heavy (non-hydrogen) atoms. The highest BCUT2D eigenvalue weighted by Crippen LogP contribution is 2.40. The number of likely N-dealkylation sites (N-methyl/N-ethyl adjacent to an activating group) is 2.